The van der Waals surface area contributed by atoms with E-state index in [1.165, 1.54) is 6.07 Å². The predicted molar refractivity (Wildman–Crippen MR) is 36.7 cm³/mol. The van der Waals surface area contributed by atoms with Crippen LogP contribution in [-0.4, -0.2) is 4.92 Å². The summed E-state index contributed by atoms with van der Waals surface area (Å²) < 4.78 is 0. The summed E-state index contributed by atoms with van der Waals surface area (Å²) in [5.41, 5.74) is 0.704. The van der Waals surface area contributed by atoms with Gasteiger partial charge in [0.25, 0.3) is 0 Å². The van der Waals surface area contributed by atoms with Crippen LogP contribution in [0.2, 0.25) is 0 Å². The second kappa shape index (κ2) is 4.19. The maximum Gasteiger partial charge on any atom is 0.166 e. The zero-order chi connectivity index (χ0) is 7.56. The van der Waals surface area contributed by atoms with Crippen molar-refractivity contribution in [3.8, 4) is 0 Å². The molecule has 0 atom stereocenters. The summed E-state index contributed by atoms with van der Waals surface area (Å²) >= 11 is 0. The van der Waals surface area contributed by atoms with Crippen molar-refractivity contribution in [2.24, 2.45) is 0 Å². The monoisotopic (exact) mass is 239 g/mol. The van der Waals surface area contributed by atoms with Gasteiger partial charge in [-0.3, -0.25) is 10.1 Å². The third-order valence-corrected chi connectivity index (χ3v) is 1.23. The molecule has 0 spiro atoms. The zero-order valence-electron chi connectivity index (χ0n) is 5.83. The Hall–Kier alpha value is -0.757. The van der Waals surface area contributed by atoms with E-state index in [0.29, 0.717) is 5.56 Å². The van der Waals surface area contributed by atoms with E-state index in [4.69, 9.17) is 0 Å². The molecule has 0 aliphatic rings. The van der Waals surface area contributed by atoms with Crippen LogP contribution in [0.25, 0.3) is 0 Å². The van der Waals surface area contributed by atoms with Crippen LogP contribution in [0.5, 0.6) is 0 Å². The van der Waals surface area contributed by atoms with Crippen molar-refractivity contribution in [3.05, 3.63) is 39.9 Å². The minimum atomic E-state index is -0.411. The van der Waals surface area contributed by atoms with Crippen molar-refractivity contribution < 1.29 is 24.4 Å². The van der Waals surface area contributed by atoms with Crippen LogP contribution in [-0.2, 0) is 19.5 Å². The molecular weight excluding hydrogens is 233 g/mol. The van der Waals surface area contributed by atoms with E-state index in [1.54, 1.807) is 19.1 Å². The number of aryl methyl sites for hydroxylation is 1. The first-order valence-electron chi connectivity index (χ1n) is 2.83. The third kappa shape index (κ3) is 2.39. The van der Waals surface area contributed by atoms with Crippen LogP contribution in [0.1, 0.15) is 5.56 Å². The molecule has 0 aliphatic carbocycles. The van der Waals surface area contributed by atoms with E-state index in [9.17, 15) is 10.1 Å². The summed E-state index contributed by atoms with van der Waals surface area (Å²) in [7, 11) is 0. The zero-order valence-corrected chi connectivity index (χ0v) is 7.47. The van der Waals surface area contributed by atoms with Gasteiger partial charge in [0.2, 0.25) is 0 Å². The van der Waals surface area contributed by atoms with E-state index in [-0.39, 0.29) is 25.2 Å². The molecule has 1 radical (unpaired) electrons. The van der Waals surface area contributed by atoms with Gasteiger partial charge in [-0.1, -0.05) is 18.6 Å². The van der Waals surface area contributed by atoms with Crippen molar-refractivity contribution in [2.75, 3.05) is 0 Å². The van der Waals surface area contributed by atoms with Gasteiger partial charge in [-0.2, -0.15) is 18.2 Å². The number of hydrogen-bond acceptors (Lipinski definition) is 2. The summed E-state index contributed by atoms with van der Waals surface area (Å²) in [4.78, 5) is 9.80. The molecule has 0 saturated heterocycles. The fourth-order valence-electron chi connectivity index (χ4n) is 0.709. The molecule has 4 heteroatoms. The normalized spacial score (nSPS) is 8.45. The van der Waals surface area contributed by atoms with E-state index in [0.717, 1.165) is 0 Å². The van der Waals surface area contributed by atoms with Gasteiger partial charge in [-0.25, -0.2) is 0 Å². The number of nitrogens with zero attached hydrogens (tertiary/aromatic N) is 1. The number of rotatable bonds is 1. The van der Waals surface area contributed by atoms with E-state index in [2.05, 4.69) is 6.07 Å². The molecule has 0 fully saturated rings. The Kier molecular flexibility index (Phi) is 3.90. The van der Waals surface area contributed by atoms with Gasteiger partial charge in [0, 0.05) is 24.4 Å². The standard InChI is InChI=1S/C7H6NO2.Rh/c1-6-4-2-3-5-7(6)8(9)10;/h2-3,5H,1H3;/q-1;. The fraction of sp³-hybridized carbons (Fsp3) is 0.143. The second-order valence-electron chi connectivity index (χ2n) is 1.94. The molecule has 3 nitrogen and oxygen atoms in total. The number of nitro benzene ring substituents is 1. The smallest absolute Gasteiger partial charge is 0.166 e. The average molecular weight is 239 g/mol. The van der Waals surface area contributed by atoms with E-state index < -0.39 is 4.92 Å². The van der Waals surface area contributed by atoms with Crippen LogP contribution in [0.15, 0.2) is 18.2 Å². The summed E-state index contributed by atoms with van der Waals surface area (Å²) in [6.45, 7) is 1.66. The first-order valence-corrected chi connectivity index (χ1v) is 2.83. The van der Waals surface area contributed by atoms with Crippen molar-refractivity contribution in [1.29, 1.82) is 0 Å². The van der Waals surface area contributed by atoms with Gasteiger partial charge in [0.1, 0.15) is 0 Å². The molecule has 0 saturated carbocycles. The van der Waals surface area contributed by atoms with Crippen LogP contribution >= 0.6 is 0 Å². The summed E-state index contributed by atoms with van der Waals surface area (Å²) in [5, 5.41) is 10.2. The van der Waals surface area contributed by atoms with Crippen LogP contribution in [0.4, 0.5) is 5.69 Å². The fourth-order valence-corrected chi connectivity index (χ4v) is 0.709. The Morgan fingerprint density at radius 1 is 1.64 bits per heavy atom. The maximum absolute atomic E-state index is 10.2. The van der Waals surface area contributed by atoms with Gasteiger partial charge in [0.05, 0.1) is 0 Å². The maximum atomic E-state index is 10.2. The van der Waals surface area contributed by atoms with Gasteiger partial charge in [-0.15, -0.1) is 0 Å². The number of benzene rings is 1. The van der Waals surface area contributed by atoms with Crippen molar-refractivity contribution in [3.63, 3.8) is 0 Å². The molecule has 0 unspecified atom stereocenters. The number of hydrogen-bond donors (Lipinski definition) is 0. The van der Waals surface area contributed by atoms with Crippen molar-refractivity contribution >= 4 is 5.69 Å². The Labute approximate surface area is 77.3 Å². The quantitative estimate of drug-likeness (QED) is 0.324. The van der Waals surface area contributed by atoms with Gasteiger partial charge in [0.15, 0.2) is 5.69 Å². The summed E-state index contributed by atoms with van der Waals surface area (Å²) in [6, 6.07) is 7.46. The summed E-state index contributed by atoms with van der Waals surface area (Å²) in [5.74, 6) is 0. The van der Waals surface area contributed by atoms with E-state index in [1.807, 2.05) is 0 Å². The van der Waals surface area contributed by atoms with Crippen molar-refractivity contribution in [2.45, 2.75) is 6.92 Å². The van der Waals surface area contributed by atoms with Crippen LogP contribution < -0.4 is 0 Å². The average Bonchev–Trinajstić information content (AvgIpc) is 1.88. The molecule has 0 aliphatic heterocycles. The van der Waals surface area contributed by atoms with E-state index >= 15 is 0 Å². The van der Waals surface area contributed by atoms with Gasteiger partial charge in [-0.05, 0) is 0 Å². The molecular formula is C7H6NO2Rh-. The molecule has 0 amide bonds. The second-order valence-corrected chi connectivity index (χ2v) is 1.94. The van der Waals surface area contributed by atoms with Crippen molar-refractivity contribution in [1.82, 2.24) is 0 Å². The predicted octanol–water partition coefficient (Wildman–Crippen LogP) is 1.70. The van der Waals surface area contributed by atoms with Gasteiger partial charge >= 0.3 is 0 Å². The third-order valence-electron chi connectivity index (χ3n) is 1.23. The molecule has 1 rings (SSSR count). The molecule has 11 heavy (non-hydrogen) atoms. The molecule has 0 N–H and O–H groups in total. The molecule has 61 valence electrons. The van der Waals surface area contributed by atoms with Crippen LogP contribution in [0, 0.1) is 23.1 Å². The SMILES string of the molecule is Cc1[c-]cccc1[N+](=O)[O-].[Rh]. The Morgan fingerprint density at radius 3 is 2.64 bits per heavy atom. The molecule has 1 aromatic rings. The van der Waals surface area contributed by atoms with Gasteiger partial charge < -0.3 is 0 Å². The minimum Gasteiger partial charge on any atom is -0.270 e. The Bertz CT molecular complexity index is 262. The first-order chi connectivity index (χ1) is 4.72. The van der Waals surface area contributed by atoms with Crippen LogP contribution in [0.3, 0.4) is 0 Å². The largest absolute Gasteiger partial charge is 0.270 e. The summed E-state index contributed by atoms with van der Waals surface area (Å²) in [6.07, 6.45) is 0. The Morgan fingerprint density at radius 2 is 2.27 bits per heavy atom. The molecule has 0 bridgehead atoms. The first kappa shape index (κ1) is 10.2. The number of nitro groups is 1. The molecule has 1 aromatic carbocycles. The topological polar surface area (TPSA) is 43.1 Å². The minimum absolute atomic E-state index is 0. The Balaban J connectivity index is 0.000001000. The molecule has 0 aromatic heterocycles. The molecule has 0 heterocycles.